The summed E-state index contributed by atoms with van der Waals surface area (Å²) in [6.07, 6.45) is 1.59. The average molecular weight is 352 g/mol. The maximum atomic E-state index is 12.5. The van der Waals surface area contributed by atoms with Crippen LogP contribution in [0.1, 0.15) is 0 Å². The first kappa shape index (κ1) is 15.5. The van der Waals surface area contributed by atoms with Crippen LogP contribution in [0.2, 0.25) is 5.02 Å². The van der Waals surface area contributed by atoms with E-state index >= 15 is 0 Å². The first-order chi connectivity index (χ1) is 12.2. The number of furan rings is 1. The maximum Gasteiger partial charge on any atom is 0.244 e. The van der Waals surface area contributed by atoms with Crippen molar-refractivity contribution in [2.24, 2.45) is 0 Å². The van der Waals surface area contributed by atoms with E-state index in [2.05, 4.69) is 10.3 Å². The molecular weight excluding hydrogens is 338 g/mol. The van der Waals surface area contributed by atoms with Gasteiger partial charge in [0.2, 0.25) is 5.91 Å². The Bertz CT molecular complexity index is 1040. The van der Waals surface area contributed by atoms with Gasteiger partial charge in [-0.1, -0.05) is 35.9 Å². The molecule has 0 atom stereocenters. The van der Waals surface area contributed by atoms with E-state index in [-0.39, 0.29) is 12.5 Å². The quantitative estimate of drug-likeness (QED) is 0.585. The molecule has 0 spiro atoms. The zero-order chi connectivity index (χ0) is 17.2. The number of halogens is 1. The minimum atomic E-state index is -0.191. The Hall–Kier alpha value is -3.05. The third kappa shape index (κ3) is 3.02. The van der Waals surface area contributed by atoms with Gasteiger partial charge in [-0.25, -0.2) is 4.98 Å². The van der Waals surface area contributed by atoms with Gasteiger partial charge in [0.15, 0.2) is 11.6 Å². The lowest BCUT2D eigenvalue weighted by molar-refractivity contribution is -0.116. The molecule has 25 heavy (non-hydrogen) atoms. The van der Waals surface area contributed by atoms with Gasteiger partial charge in [0.25, 0.3) is 0 Å². The van der Waals surface area contributed by atoms with Gasteiger partial charge in [-0.15, -0.1) is 0 Å². The van der Waals surface area contributed by atoms with Gasteiger partial charge in [-0.2, -0.15) is 0 Å². The summed E-state index contributed by atoms with van der Waals surface area (Å²) in [5, 5.41) is 3.33. The first-order valence-electron chi connectivity index (χ1n) is 7.76. The van der Waals surface area contributed by atoms with Crippen LogP contribution < -0.4 is 5.32 Å². The average Bonchev–Trinajstić information content (AvgIpc) is 3.25. The summed E-state index contributed by atoms with van der Waals surface area (Å²) in [5.74, 6) is 1.03. The number of amides is 1. The van der Waals surface area contributed by atoms with E-state index in [1.807, 2.05) is 47.0 Å². The number of aromatic nitrogens is 2. The molecule has 6 heteroatoms. The number of imidazole rings is 1. The minimum Gasteiger partial charge on any atom is -0.461 e. The van der Waals surface area contributed by atoms with Crippen molar-refractivity contribution in [1.82, 2.24) is 9.55 Å². The van der Waals surface area contributed by atoms with Gasteiger partial charge in [0, 0.05) is 0 Å². The molecule has 0 aliphatic carbocycles. The number of nitrogens with zero attached hydrogens (tertiary/aromatic N) is 2. The van der Waals surface area contributed by atoms with Crippen molar-refractivity contribution in [2.75, 3.05) is 5.32 Å². The molecule has 0 unspecified atom stereocenters. The lowest BCUT2D eigenvalue weighted by Gasteiger charge is -2.10. The fourth-order valence-electron chi connectivity index (χ4n) is 2.73. The van der Waals surface area contributed by atoms with Crippen molar-refractivity contribution < 1.29 is 9.21 Å². The number of fused-ring (bicyclic) bond motifs is 1. The second-order valence-electron chi connectivity index (χ2n) is 5.52. The Morgan fingerprint density at radius 3 is 2.68 bits per heavy atom. The maximum absolute atomic E-state index is 12.5. The number of nitrogens with one attached hydrogen (secondary N) is 1. The lowest BCUT2D eigenvalue weighted by atomic mass is 10.3. The van der Waals surface area contributed by atoms with E-state index < -0.39 is 0 Å². The van der Waals surface area contributed by atoms with Gasteiger partial charge >= 0.3 is 0 Å². The molecule has 0 radical (unpaired) electrons. The highest BCUT2D eigenvalue weighted by molar-refractivity contribution is 6.33. The number of benzene rings is 2. The number of para-hydroxylation sites is 3. The number of anilines is 1. The largest absolute Gasteiger partial charge is 0.461 e. The predicted octanol–water partition coefficient (Wildman–Crippen LogP) is 4.59. The monoisotopic (exact) mass is 351 g/mol. The molecule has 5 nitrogen and oxygen atoms in total. The van der Waals surface area contributed by atoms with Crippen molar-refractivity contribution in [1.29, 1.82) is 0 Å². The summed E-state index contributed by atoms with van der Waals surface area (Å²) < 4.78 is 7.31. The second kappa shape index (κ2) is 6.45. The summed E-state index contributed by atoms with van der Waals surface area (Å²) in [5.41, 5.74) is 2.25. The lowest BCUT2D eigenvalue weighted by Crippen LogP contribution is -2.19. The predicted molar refractivity (Wildman–Crippen MR) is 97.5 cm³/mol. The summed E-state index contributed by atoms with van der Waals surface area (Å²) in [7, 11) is 0. The van der Waals surface area contributed by atoms with Crippen LogP contribution in [0, 0.1) is 0 Å². The number of hydrogen-bond donors (Lipinski definition) is 1. The molecule has 0 saturated heterocycles. The van der Waals surface area contributed by atoms with Crippen LogP contribution in [-0.2, 0) is 11.3 Å². The summed E-state index contributed by atoms with van der Waals surface area (Å²) >= 11 is 6.11. The highest BCUT2D eigenvalue weighted by Crippen LogP contribution is 2.26. The minimum absolute atomic E-state index is 0.0990. The summed E-state index contributed by atoms with van der Waals surface area (Å²) in [6, 6.07) is 18.4. The Morgan fingerprint density at radius 1 is 1.08 bits per heavy atom. The van der Waals surface area contributed by atoms with Gasteiger partial charge < -0.3 is 14.3 Å². The van der Waals surface area contributed by atoms with Crippen LogP contribution in [0.4, 0.5) is 5.69 Å². The van der Waals surface area contributed by atoms with Crippen molar-refractivity contribution in [3.8, 4) is 11.6 Å². The Kier molecular flexibility index (Phi) is 3.99. The van der Waals surface area contributed by atoms with Gasteiger partial charge in [0.05, 0.1) is 28.0 Å². The van der Waals surface area contributed by atoms with E-state index in [1.54, 1.807) is 24.5 Å². The molecule has 124 valence electrons. The highest BCUT2D eigenvalue weighted by Gasteiger charge is 2.17. The fraction of sp³-hybridized carbons (Fsp3) is 0.0526. The van der Waals surface area contributed by atoms with Crippen LogP contribution in [0.3, 0.4) is 0 Å². The normalized spacial score (nSPS) is 10.9. The van der Waals surface area contributed by atoms with Gasteiger partial charge in [0.1, 0.15) is 6.54 Å². The highest BCUT2D eigenvalue weighted by atomic mass is 35.5. The molecule has 2 aromatic heterocycles. The Labute approximate surface area is 148 Å². The van der Waals surface area contributed by atoms with Crippen molar-refractivity contribution in [3.63, 3.8) is 0 Å². The number of rotatable bonds is 4. The summed E-state index contributed by atoms with van der Waals surface area (Å²) in [6.45, 7) is 0.0990. The van der Waals surface area contributed by atoms with Crippen LogP contribution in [0.15, 0.2) is 71.3 Å². The number of carbonyl (C=O) groups excluding carboxylic acids is 1. The second-order valence-corrected chi connectivity index (χ2v) is 5.92. The first-order valence-corrected chi connectivity index (χ1v) is 8.14. The standard InChI is InChI=1S/C19H14ClN3O2/c20-13-6-1-2-7-14(13)21-18(24)12-23-16-9-4-3-8-15(16)22-19(23)17-10-5-11-25-17/h1-11H,12H2,(H,21,24). The molecule has 2 aromatic carbocycles. The molecule has 0 saturated carbocycles. The van der Waals surface area contributed by atoms with Crippen LogP contribution >= 0.6 is 11.6 Å². The molecular formula is C19H14ClN3O2. The third-order valence-electron chi connectivity index (χ3n) is 3.85. The van der Waals surface area contributed by atoms with Crippen LogP contribution in [0.5, 0.6) is 0 Å². The number of hydrogen-bond acceptors (Lipinski definition) is 3. The molecule has 4 rings (SSSR count). The molecule has 0 aliphatic rings. The zero-order valence-corrected chi connectivity index (χ0v) is 13.9. The Balaban J connectivity index is 1.70. The summed E-state index contributed by atoms with van der Waals surface area (Å²) in [4.78, 5) is 17.1. The van der Waals surface area contributed by atoms with E-state index in [0.717, 1.165) is 11.0 Å². The SMILES string of the molecule is O=C(Cn1c(-c2ccco2)nc2ccccc21)Nc1ccccc1Cl. The topological polar surface area (TPSA) is 60.1 Å². The van der Waals surface area contributed by atoms with E-state index in [4.69, 9.17) is 16.0 Å². The molecule has 1 amide bonds. The van der Waals surface area contributed by atoms with E-state index in [1.165, 1.54) is 0 Å². The third-order valence-corrected chi connectivity index (χ3v) is 4.18. The fourth-order valence-corrected chi connectivity index (χ4v) is 2.91. The number of carbonyl (C=O) groups is 1. The van der Waals surface area contributed by atoms with E-state index in [9.17, 15) is 4.79 Å². The van der Waals surface area contributed by atoms with Crippen molar-refractivity contribution in [2.45, 2.75) is 6.54 Å². The smallest absolute Gasteiger partial charge is 0.244 e. The molecule has 1 N–H and O–H groups in total. The van der Waals surface area contributed by atoms with Crippen LogP contribution in [0.25, 0.3) is 22.6 Å². The van der Waals surface area contributed by atoms with Gasteiger partial charge in [-0.3, -0.25) is 4.79 Å². The molecule has 0 aliphatic heterocycles. The Morgan fingerprint density at radius 2 is 1.88 bits per heavy atom. The van der Waals surface area contributed by atoms with Gasteiger partial charge in [-0.05, 0) is 36.4 Å². The molecule has 0 bridgehead atoms. The molecule has 2 heterocycles. The van der Waals surface area contributed by atoms with Crippen molar-refractivity contribution >= 4 is 34.2 Å². The van der Waals surface area contributed by atoms with Crippen molar-refractivity contribution in [3.05, 3.63) is 71.9 Å². The van der Waals surface area contributed by atoms with Crippen LogP contribution in [-0.4, -0.2) is 15.5 Å². The molecule has 4 aromatic rings. The van der Waals surface area contributed by atoms with E-state index in [0.29, 0.717) is 22.3 Å². The molecule has 0 fully saturated rings. The zero-order valence-electron chi connectivity index (χ0n) is 13.1.